The summed E-state index contributed by atoms with van der Waals surface area (Å²) in [5.41, 5.74) is 7.33. The van der Waals surface area contributed by atoms with Gasteiger partial charge in [0.25, 0.3) is 0 Å². The summed E-state index contributed by atoms with van der Waals surface area (Å²) in [5.74, 6) is -0.784. The molecule has 0 saturated carbocycles. The van der Waals surface area contributed by atoms with Crippen LogP contribution in [0, 0.1) is 0 Å². The number of carbonyl (C=O) groups excluding carboxylic acids is 2. The van der Waals surface area contributed by atoms with Gasteiger partial charge in [-0.3, -0.25) is 14.5 Å². The first-order chi connectivity index (χ1) is 20.2. The van der Waals surface area contributed by atoms with E-state index in [4.69, 9.17) is 10.5 Å². The molecule has 2 aliphatic heterocycles. The summed E-state index contributed by atoms with van der Waals surface area (Å²) < 4.78 is 44.3. The van der Waals surface area contributed by atoms with Gasteiger partial charge in [-0.05, 0) is 47.9 Å². The van der Waals surface area contributed by atoms with Crippen molar-refractivity contribution in [3.05, 3.63) is 89.8 Å². The van der Waals surface area contributed by atoms with E-state index in [-0.39, 0.29) is 17.7 Å². The molecule has 1 aromatic heterocycles. The number of fused-ring (bicyclic) bond motifs is 2. The first kappa shape index (κ1) is 29.2. The van der Waals surface area contributed by atoms with Gasteiger partial charge >= 0.3 is 6.18 Å². The van der Waals surface area contributed by atoms with E-state index in [1.165, 1.54) is 12.1 Å². The van der Waals surface area contributed by atoms with Crippen LogP contribution in [0.25, 0.3) is 6.08 Å². The second-order valence-corrected chi connectivity index (χ2v) is 10.2. The average Bonchev–Trinajstić information content (AvgIpc) is 3.59. The summed E-state index contributed by atoms with van der Waals surface area (Å²) in [6, 6.07) is 15.6. The summed E-state index contributed by atoms with van der Waals surface area (Å²) in [6.45, 7) is 2.79. The van der Waals surface area contributed by atoms with Crippen LogP contribution in [0.2, 0.25) is 0 Å². The zero-order valence-corrected chi connectivity index (χ0v) is 22.6. The van der Waals surface area contributed by atoms with Gasteiger partial charge in [0.05, 0.1) is 36.0 Å². The number of nitrogens with one attached hydrogen (secondary N) is 3. The molecule has 3 aromatic rings. The van der Waals surface area contributed by atoms with Crippen molar-refractivity contribution >= 4 is 35.0 Å². The fourth-order valence-electron chi connectivity index (χ4n) is 5.07. The van der Waals surface area contributed by atoms with Crippen LogP contribution in [0.1, 0.15) is 29.3 Å². The van der Waals surface area contributed by atoms with Crippen LogP contribution in [0.4, 0.5) is 30.2 Å². The molecule has 12 heteroatoms. The minimum Gasteiger partial charge on any atom is -0.397 e. The van der Waals surface area contributed by atoms with E-state index in [1.54, 1.807) is 54.6 Å². The zero-order chi connectivity index (χ0) is 29.7. The Morgan fingerprint density at radius 1 is 1.10 bits per heavy atom. The summed E-state index contributed by atoms with van der Waals surface area (Å²) >= 11 is 0. The molecule has 3 atom stereocenters. The van der Waals surface area contributed by atoms with Crippen molar-refractivity contribution in [2.24, 2.45) is 0 Å². The minimum absolute atomic E-state index is 0.151. The third-order valence-corrected chi connectivity index (χ3v) is 7.26. The fourth-order valence-corrected chi connectivity index (χ4v) is 5.07. The maximum Gasteiger partial charge on any atom is 0.433 e. The number of hydrogen-bond donors (Lipinski definition) is 4. The number of anilines is 3. The maximum atomic E-state index is 13.3. The number of halogens is 3. The largest absolute Gasteiger partial charge is 0.433 e. The highest BCUT2D eigenvalue weighted by atomic mass is 19.4. The van der Waals surface area contributed by atoms with E-state index in [1.807, 2.05) is 0 Å². The number of nitrogens with zero attached hydrogens (tertiary/aromatic N) is 2. The Hall–Kier alpha value is -4.26. The lowest BCUT2D eigenvalue weighted by molar-refractivity contribution is -0.141. The highest BCUT2D eigenvalue weighted by molar-refractivity contribution is 6.03. The van der Waals surface area contributed by atoms with Gasteiger partial charge in [0.15, 0.2) is 0 Å². The Bertz CT molecular complexity index is 1430. The molecule has 2 aliphatic rings. The van der Waals surface area contributed by atoms with Gasteiger partial charge in [0.2, 0.25) is 11.8 Å². The second kappa shape index (κ2) is 12.7. The molecule has 2 saturated heterocycles. The van der Waals surface area contributed by atoms with Gasteiger partial charge in [0, 0.05) is 31.8 Å². The molecule has 2 fully saturated rings. The molecular formula is C30H31F3N6O3. The first-order valence-electron chi connectivity index (χ1n) is 13.5. The van der Waals surface area contributed by atoms with E-state index >= 15 is 0 Å². The molecule has 2 bridgehead atoms. The molecule has 2 amide bonds. The molecule has 0 spiro atoms. The lowest BCUT2D eigenvalue weighted by atomic mass is 10.0. The first-order valence-corrected chi connectivity index (χ1v) is 13.5. The molecule has 2 aromatic carbocycles. The van der Waals surface area contributed by atoms with Crippen molar-refractivity contribution in [3.8, 4) is 0 Å². The van der Waals surface area contributed by atoms with Crippen LogP contribution < -0.4 is 21.7 Å². The molecule has 0 aliphatic carbocycles. The number of benzene rings is 2. The highest BCUT2D eigenvalue weighted by Crippen LogP contribution is 2.29. The van der Waals surface area contributed by atoms with Crippen molar-refractivity contribution in [2.75, 3.05) is 42.6 Å². The average molecular weight is 581 g/mol. The third-order valence-electron chi connectivity index (χ3n) is 7.26. The van der Waals surface area contributed by atoms with Gasteiger partial charge in [-0.25, -0.2) is 4.98 Å². The van der Waals surface area contributed by atoms with Gasteiger partial charge in [0.1, 0.15) is 11.7 Å². The van der Waals surface area contributed by atoms with Gasteiger partial charge < -0.3 is 26.4 Å². The Kier molecular flexibility index (Phi) is 8.86. The normalized spacial score (nSPS) is 19.2. The predicted molar refractivity (Wildman–Crippen MR) is 153 cm³/mol. The van der Waals surface area contributed by atoms with Crippen molar-refractivity contribution in [1.82, 2.24) is 15.2 Å². The molecule has 42 heavy (non-hydrogen) atoms. The topological polar surface area (TPSA) is 122 Å². The van der Waals surface area contributed by atoms with E-state index in [0.29, 0.717) is 36.1 Å². The van der Waals surface area contributed by atoms with Crippen LogP contribution in [0.15, 0.2) is 72.9 Å². The number of nitrogens with two attached hydrogens (primary N) is 1. The van der Waals surface area contributed by atoms with Crippen molar-refractivity contribution in [3.63, 3.8) is 0 Å². The number of pyridine rings is 1. The monoisotopic (exact) mass is 580 g/mol. The zero-order valence-electron chi connectivity index (χ0n) is 22.6. The molecule has 0 radical (unpaired) electrons. The summed E-state index contributed by atoms with van der Waals surface area (Å²) in [5, 5.41) is 8.68. The quantitative estimate of drug-likeness (QED) is 0.211. The van der Waals surface area contributed by atoms with E-state index in [0.717, 1.165) is 37.3 Å². The summed E-state index contributed by atoms with van der Waals surface area (Å²) in [7, 11) is 0. The highest BCUT2D eigenvalue weighted by Gasteiger charge is 2.38. The number of carbonyl (C=O) groups is 2. The van der Waals surface area contributed by atoms with Gasteiger partial charge in [-0.1, -0.05) is 36.4 Å². The number of amides is 2. The molecule has 220 valence electrons. The number of hydrogen-bond acceptors (Lipinski definition) is 7. The Labute approximate surface area is 240 Å². The molecular weight excluding hydrogens is 549 g/mol. The summed E-state index contributed by atoms with van der Waals surface area (Å²) in [6.07, 6.45) is 0.707. The molecule has 9 nitrogen and oxygen atoms in total. The van der Waals surface area contributed by atoms with Crippen LogP contribution in [0.3, 0.4) is 0 Å². The van der Waals surface area contributed by atoms with E-state index < -0.39 is 23.8 Å². The number of morpholine rings is 1. The lowest BCUT2D eigenvalue weighted by Gasteiger charge is -2.27. The number of rotatable bonds is 10. The number of nitrogen functional groups attached to an aromatic ring is 1. The molecule has 5 rings (SSSR count). The van der Waals surface area contributed by atoms with Crippen LogP contribution in [-0.4, -0.2) is 60.1 Å². The fraction of sp³-hybridized carbons (Fsp3) is 0.300. The Balaban J connectivity index is 1.25. The Morgan fingerprint density at radius 3 is 2.52 bits per heavy atom. The predicted octanol–water partition coefficient (Wildman–Crippen LogP) is 4.08. The molecule has 5 N–H and O–H groups in total. The molecule has 3 unspecified atom stereocenters. The second-order valence-electron chi connectivity index (χ2n) is 10.2. The number of ether oxygens (including phenoxy) is 1. The number of alkyl halides is 3. The van der Waals surface area contributed by atoms with Gasteiger partial charge in [-0.15, -0.1) is 0 Å². The lowest BCUT2D eigenvalue weighted by Crippen LogP contribution is -2.43. The van der Waals surface area contributed by atoms with E-state index in [2.05, 4.69) is 25.8 Å². The number of aromatic nitrogens is 1. The van der Waals surface area contributed by atoms with Crippen LogP contribution in [-0.2, 0) is 20.5 Å². The van der Waals surface area contributed by atoms with Crippen molar-refractivity contribution in [2.45, 2.75) is 30.8 Å². The standard InChI is InChI=1S/C30H31F3N6O3/c31-30(32,33)26-11-10-21(16-36-26)37-29(41)28(35-13-14-39-17-23-15-22(39)18-42-23)20-8-5-19(6-9-20)7-12-27(40)38-25-4-2-1-3-24(25)34/h1-12,16,22-23,28,35H,13-15,17-18,34H2,(H,37,41)(H,38,40). The number of likely N-dealkylation sites (tertiary alicyclic amines) is 1. The van der Waals surface area contributed by atoms with Crippen LogP contribution >= 0.6 is 0 Å². The van der Waals surface area contributed by atoms with E-state index in [9.17, 15) is 22.8 Å². The summed E-state index contributed by atoms with van der Waals surface area (Å²) in [4.78, 5) is 31.4. The van der Waals surface area contributed by atoms with Gasteiger partial charge in [-0.2, -0.15) is 13.2 Å². The SMILES string of the molecule is Nc1ccccc1NC(=O)C=Cc1ccc(C(NCCN2CC3CC2CO3)C(=O)Nc2ccc(C(F)(F)F)nc2)cc1. The Morgan fingerprint density at radius 2 is 1.88 bits per heavy atom. The maximum absolute atomic E-state index is 13.3. The smallest absolute Gasteiger partial charge is 0.397 e. The van der Waals surface area contributed by atoms with Crippen LogP contribution in [0.5, 0.6) is 0 Å². The minimum atomic E-state index is -4.57. The third kappa shape index (κ3) is 7.32. The van der Waals surface area contributed by atoms with Crippen molar-refractivity contribution < 1.29 is 27.5 Å². The van der Waals surface area contributed by atoms with Crippen molar-refractivity contribution in [1.29, 1.82) is 0 Å². The molecule has 3 heterocycles. The number of para-hydroxylation sites is 2.